The van der Waals surface area contributed by atoms with Crippen LogP contribution >= 0.6 is 9.47 Å². The van der Waals surface area contributed by atoms with Gasteiger partial charge in [0.25, 0.3) is 0 Å². The smallest absolute Gasteiger partial charge is 0.128 e. The van der Waals surface area contributed by atoms with Gasteiger partial charge in [-0.1, -0.05) is 18.2 Å². The van der Waals surface area contributed by atoms with E-state index in [9.17, 15) is 4.39 Å². The average Bonchev–Trinajstić information content (AvgIpc) is 1.94. The fraction of sp³-hybridized carbons (Fsp3) is 0.143. The molecule has 1 unspecified atom stereocenters. The Morgan fingerprint density at radius 3 is 2.70 bits per heavy atom. The third-order valence-electron chi connectivity index (χ3n) is 1.20. The third-order valence-corrected chi connectivity index (χ3v) is 1.36. The van der Waals surface area contributed by atoms with E-state index in [0.29, 0.717) is 12.2 Å². The summed E-state index contributed by atoms with van der Waals surface area (Å²) in [7, 11) is 2.08. The zero-order valence-electron chi connectivity index (χ0n) is 5.38. The van der Waals surface area contributed by atoms with Gasteiger partial charge in [0.2, 0.25) is 0 Å². The Morgan fingerprint density at radius 2 is 2.10 bits per heavy atom. The second-order valence-electron chi connectivity index (χ2n) is 1.90. The van der Waals surface area contributed by atoms with Crippen LogP contribution in [0.3, 0.4) is 0 Å². The van der Waals surface area contributed by atoms with Gasteiger partial charge < -0.3 is 4.52 Å². The molecule has 0 bridgehead atoms. The lowest BCUT2D eigenvalue weighted by atomic mass is 10.2. The summed E-state index contributed by atoms with van der Waals surface area (Å²) < 4.78 is 17.4. The lowest BCUT2D eigenvalue weighted by Gasteiger charge is -1.98. The molecule has 54 valence electrons. The first-order valence-corrected chi connectivity index (χ1v) is 3.37. The summed E-state index contributed by atoms with van der Waals surface area (Å²) in [5, 5.41) is 0. The minimum atomic E-state index is -0.218. The normalized spacial score (nSPS) is 9.80. The molecule has 0 spiro atoms. The van der Waals surface area contributed by atoms with E-state index in [4.69, 9.17) is 0 Å². The van der Waals surface area contributed by atoms with Gasteiger partial charge in [-0.25, -0.2) is 4.39 Å². The topological polar surface area (TPSA) is 9.23 Å². The van der Waals surface area contributed by atoms with E-state index in [2.05, 4.69) is 14.0 Å². The summed E-state index contributed by atoms with van der Waals surface area (Å²) in [6.07, 6.45) is 0. The van der Waals surface area contributed by atoms with Crippen LogP contribution in [0.1, 0.15) is 5.56 Å². The van der Waals surface area contributed by atoms with Crippen molar-refractivity contribution < 1.29 is 8.91 Å². The molecule has 0 aliphatic carbocycles. The highest BCUT2D eigenvalue weighted by Crippen LogP contribution is 2.08. The van der Waals surface area contributed by atoms with Crippen molar-refractivity contribution in [2.45, 2.75) is 6.61 Å². The van der Waals surface area contributed by atoms with E-state index in [1.165, 1.54) is 6.07 Å². The largest absolute Gasteiger partial charge is 0.361 e. The Labute approximate surface area is 61.5 Å². The summed E-state index contributed by atoms with van der Waals surface area (Å²) >= 11 is 0. The van der Waals surface area contributed by atoms with Crippen LogP contribution in [0.4, 0.5) is 4.39 Å². The van der Waals surface area contributed by atoms with E-state index in [0.717, 1.165) is 0 Å². The summed E-state index contributed by atoms with van der Waals surface area (Å²) in [6, 6.07) is 6.54. The molecule has 0 heterocycles. The molecule has 0 amide bonds. The summed E-state index contributed by atoms with van der Waals surface area (Å²) in [6.45, 7) is 0.303. The molecule has 0 saturated heterocycles. The second-order valence-corrected chi connectivity index (χ2v) is 2.24. The van der Waals surface area contributed by atoms with Crippen molar-refractivity contribution in [2.75, 3.05) is 0 Å². The number of rotatable bonds is 2. The Hall–Kier alpha value is -0.460. The average molecular weight is 158 g/mol. The molecule has 1 nitrogen and oxygen atoms in total. The van der Waals surface area contributed by atoms with Crippen molar-refractivity contribution in [1.82, 2.24) is 0 Å². The number of hydrogen-bond acceptors (Lipinski definition) is 1. The maximum atomic E-state index is 12.7. The van der Waals surface area contributed by atoms with Gasteiger partial charge in [0.05, 0.1) is 6.61 Å². The molecular formula is C7H8FOP. The monoisotopic (exact) mass is 158 g/mol. The van der Waals surface area contributed by atoms with Crippen molar-refractivity contribution in [3.05, 3.63) is 35.6 Å². The zero-order valence-corrected chi connectivity index (χ0v) is 6.53. The molecule has 0 fully saturated rings. The zero-order chi connectivity index (χ0) is 7.40. The summed E-state index contributed by atoms with van der Waals surface area (Å²) in [5.74, 6) is -0.218. The van der Waals surface area contributed by atoms with Crippen LogP contribution in [0.15, 0.2) is 24.3 Å². The lowest BCUT2D eigenvalue weighted by Crippen LogP contribution is -1.87. The molecule has 10 heavy (non-hydrogen) atoms. The Bertz CT molecular complexity index is 215. The molecule has 0 aromatic heterocycles. The molecule has 0 radical (unpaired) electrons. The van der Waals surface area contributed by atoms with Crippen molar-refractivity contribution in [1.29, 1.82) is 0 Å². The highest BCUT2D eigenvalue weighted by molar-refractivity contribution is 7.09. The van der Waals surface area contributed by atoms with Crippen LogP contribution in [-0.2, 0) is 11.1 Å². The first-order valence-electron chi connectivity index (χ1n) is 2.89. The minimum absolute atomic E-state index is 0.218. The van der Waals surface area contributed by atoms with Crippen molar-refractivity contribution in [2.24, 2.45) is 0 Å². The second kappa shape index (κ2) is 3.65. The van der Waals surface area contributed by atoms with Crippen LogP contribution in [0.2, 0.25) is 0 Å². The van der Waals surface area contributed by atoms with Crippen molar-refractivity contribution in [3.63, 3.8) is 0 Å². The Kier molecular flexibility index (Phi) is 2.79. The van der Waals surface area contributed by atoms with E-state index in [1.54, 1.807) is 18.2 Å². The van der Waals surface area contributed by atoms with Crippen LogP contribution in [0.25, 0.3) is 0 Å². The van der Waals surface area contributed by atoms with Gasteiger partial charge in [0.15, 0.2) is 0 Å². The highest BCUT2D eigenvalue weighted by Gasteiger charge is 1.96. The SMILES string of the molecule is Fc1ccccc1COP. The van der Waals surface area contributed by atoms with Crippen molar-refractivity contribution >= 4 is 9.47 Å². The highest BCUT2D eigenvalue weighted by atomic mass is 31.0. The molecular weight excluding hydrogens is 150 g/mol. The number of hydrogen-bond donors (Lipinski definition) is 0. The molecule has 0 aliphatic heterocycles. The van der Waals surface area contributed by atoms with Gasteiger partial charge in [-0.05, 0) is 6.07 Å². The molecule has 1 aromatic carbocycles. The number of benzene rings is 1. The molecule has 0 aliphatic rings. The predicted molar refractivity (Wildman–Crippen MR) is 40.9 cm³/mol. The molecule has 3 heteroatoms. The first-order chi connectivity index (χ1) is 4.84. The predicted octanol–water partition coefficient (Wildman–Crippen LogP) is 2.13. The van der Waals surface area contributed by atoms with Gasteiger partial charge in [-0.2, -0.15) is 0 Å². The Balaban J connectivity index is 2.81. The van der Waals surface area contributed by atoms with Gasteiger partial charge in [0, 0.05) is 15.0 Å². The molecule has 1 atom stereocenters. The summed E-state index contributed by atoms with van der Waals surface area (Å²) in [5.41, 5.74) is 0.581. The molecule has 0 N–H and O–H groups in total. The molecule has 1 rings (SSSR count). The third kappa shape index (κ3) is 1.76. The fourth-order valence-electron chi connectivity index (χ4n) is 0.705. The van der Waals surface area contributed by atoms with Gasteiger partial charge in [0.1, 0.15) is 5.82 Å². The van der Waals surface area contributed by atoms with Crippen LogP contribution in [0, 0.1) is 5.82 Å². The fourth-order valence-corrected chi connectivity index (χ4v) is 0.885. The van der Waals surface area contributed by atoms with Crippen LogP contribution < -0.4 is 0 Å². The quantitative estimate of drug-likeness (QED) is 0.599. The van der Waals surface area contributed by atoms with E-state index >= 15 is 0 Å². The van der Waals surface area contributed by atoms with Crippen LogP contribution in [-0.4, -0.2) is 0 Å². The van der Waals surface area contributed by atoms with E-state index in [-0.39, 0.29) is 5.82 Å². The van der Waals surface area contributed by atoms with Gasteiger partial charge in [-0.3, -0.25) is 0 Å². The summed E-state index contributed by atoms with van der Waals surface area (Å²) in [4.78, 5) is 0. The molecule has 0 saturated carbocycles. The maximum Gasteiger partial charge on any atom is 0.128 e. The van der Waals surface area contributed by atoms with Crippen molar-refractivity contribution in [3.8, 4) is 0 Å². The maximum absolute atomic E-state index is 12.7. The van der Waals surface area contributed by atoms with E-state index in [1.807, 2.05) is 0 Å². The number of halogens is 1. The standard InChI is InChI=1S/C7H8FOP/c8-7-4-2-1-3-6(7)5-9-10/h1-4H,5,10H2. The minimum Gasteiger partial charge on any atom is -0.361 e. The molecule has 1 aromatic rings. The first kappa shape index (κ1) is 7.64. The van der Waals surface area contributed by atoms with Crippen LogP contribution in [0.5, 0.6) is 0 Å². The Morgan fingerprint density at radius 1 is 1.40 bits per heavy atom. The van der Waals surface area contributed by atoms with Gasteiger partial charge >= 0.3 is 0 Å². The lowest BCUT2D eigenvalue weighted by molar-refractivity contribution is 0.352. The van der Waals surface area contributed by atoms with E-state index < -0.39 is 0 Å². The van der Waals surface area contributed by atoms with Gasteiger partial charge in [-0.15, -0.1) is 0 Å².